The van der Waals surface area contributed by atoms with Gasteiger partial charge in [0.25, 0.3) is 0 Å². The lowest BCUT2D eigenvalue weighted by Gasteiger charge is -2.19. The van der Waals surface area contributed by atoms with E-state index in [1.54, 1.807) is 12.1 Å². The number of aliphatic hydroxyl groups excluding tert-OH is 1. The van der Waals surface area contributed by atoms with Crippen molar-refractivity contribution < 1.29 is 10.2 Å². The summed E-state index contributed by atoms with van der Waals surface area (Å²) in [5, 5.41) is 18.9. The molecule has 0 aliphatic carbocycles. The minimum atomic E-state index is -0.0119. The average Bonchev–Trinajstić information content (AvgIpc) is 2.31. The Kier molecular flexibility index (Phi) is 5.29. The second kappa shape index (κ2) is 6.51. The van der Waals surface area contributed by atoms with E-state index < -0.39 is 0 Å². The topological polar surface area (TPSA) is 43.7 Å². The van der Waals surface area contributed by atoms with E-state index in [4.69, 9.17) is 0 Å². The summed E-state index contributed by atoms with van der Waals surface area (Å²) in [6.45, 7) is 7.18. The van der Waals surface area contributed by atoms with Crippen molar-refractivity contribution >= 4 is 0 Å². The van der Waals surface area contributed by atoms with Crippen LogP contribution >= 0.6 is 0 Å². The summed E-state index contributed by atoms with van der Waals surface area (Å²) in [5.74, 6) is 0.290. The maximum absolute atomic E-state index is 9.75. The van der Waals surface area contributed by atoms with E-state index in [0.29, 0.717) is 5.75 Å². The molecule has 0 atom stereocenters. The summed E-state index contributed by atoms with van der Waals surface area (Å²) in [4.78, 5) is 2.30. The van der Waals surface area contributed by atoms with Crippen molar-refractivity contribution in [1.29, 1.82) is 0 Å². The Balaban J connectivity index is 2.72. The van der Waals surface area contributed by atoms with Gasteiger partial charge in [-0.1, -0.05) is 26.0 Å². The van der Waals surface area contributed by atoms with Crippen molar-refractivity contribution in [2.24, 2.45) is 0 Å². The van der Waals surface area contributed by atoms with Crippen LogP contribution < -0.4 is 0 Å². The van der Waals surface area contributed by atoms with Crippen molar-refractivity contribution in [2.75, 3.05) is 19.6 Å². The normalized spacial score (nSPS) is 11.0. The Labute approximate surface area is 97.3 Å². The predicted octanol–water partition coefficient (Wildman–Crippen LogP) is 1.77. The number of benzene rings is 1. The van der Waals surface area contributed by atoms with E-state index >= 15 is 0 Å². The third-order valence-electron chi connectivity index (χ3n) is 2.99. The van der Waals surface area contributed by atoms with Crippen LogP contribution in [0.2, 0.25) is 0 Å². The van der Waals surface area contributed by atoms with E-state index in [9.17, 15) is 10.2 Å². The Morgan fingerprint density at radius 3 is 2.44 bits per heavy atom. The number of aliphatic hydroxyl groups is 1. The number of rotatable bonds is 6. The fourth-order valence-corrected chi connectivity index (χ4v) is 1.87. The van der Waals surface area contributed by atoms with Gasteiger partial charge in [-0.3, -0.25) is 0 Å². The molecule has 2 N–H and O–H groups in total. The zero-order valence-corrected chi connectivity index (χ0v) is 10.1. The van der Waals surface area contributed by atoms with Gasteiger partial charge in [-0.25, -0.2) is 0 Å². The van der Waals surface area contributed by atoms with Gasteiger partial charge in [0.05, 0.1) is 6.61 Å². The van der Waals surface area contributed by atoms with Gasteiger partial charge in [-0.05, 0) is 31.1 Å². The zero-order valence-electron chi connectivity index (χ0n) is 10.1. The van der Waals surface area contributed by atoms with E-state index in [0.717, 1.165) is 37.2 Å². The predicted molar refractivity (Wildman–Crippen MR) is 65.5 cm³/mol. The van der Waals surface area contributed by atoms with Crippen LogP contribution in [0.15, 0.2) is 18.2 Å². The Hall–Kier alpha value is -1.06. The molecule has 0 unspecified atom stereocenters. The van der Waals surface area contributed by atoms with Crippen LogP contribution in [0.4, 0.5) is 0 Å². The minimum Gasteiger partial charge on any atom is -0.508 e. The quantitative estimate of drug-likeness (QED) is 0.772. The molecule has 1 aromatic rings. The third kappa shape index (κ3) is 3.22. The highest BCUT2D eigenvalue weighted by Gasteiger charge is 2.08. The number of likely N-dealkylation sites (N-methyl/N-ethyl adjacent to an activating group) is 1. The molecule has 0 aromatic heterocycles. The molecule has 1 rings (SSSR count). The average molecular weight is 223 g/mol. The molecular formula is C13H21NO2. The standard InChI is InChI=1S/C13H21NO2/c1-3-14(4-2)9-8-12-11(10-15)6-5-7-13(12)16/h5-7,15-16H,3-4,8-10H2,1-2H3. The molecule has 0 bridgehead atoms. The first-order valence-corrected chi connectivity index (χ1v) is 5.85. The van der Waals surface area contributed by atoms with Gasteiger partial charge in [0.1, 0.15) is 5.75 Å². The van der Waals surface area contributed by atoms with Crippen molar-refractivity contribution in [2.45, 2.75) is 26.9 Å². The summed E-state index contributed by atoms with van der Waals surface area (Å²) < 4.78 is 0. The molecule has 3 heteroatoms. The highest BCUT2D eigenvalue weighted by molar-refractivity contribution is 5.39. The fourth-order valence-electron chi connectivity index (χ4n) is 1.87. The monoisotopic (exact) mass is 223 g/mol. The van der Waals surface area contributed by atoms with Crippen LogP contribution in [0, 0.1) is 0 Å². The summed E-state index contributed by atoms with van der Waals surface area (Å²) in [7, 11) is 0. The maximum atomic E-state index is 9.75. The highest BCUT2D eigenvalue weighted by Crippen LogP contribution is 2.21. The first kappa shape index (κ1) is 13.0. The molecule has 0 saturated heterocycles. The van der Waals surface area contributed by atoms with E-state index in [1.807, 2.05) is 6.07 Å². The first-order valence-electron chi connectivity index (χ1n) is 5.85. The molecule has 1 aromatic carbocycles. The van der Waals surface area contributed by atoms with Crippen LogP contribution in [-0.2, 0) is 13.0 Å². The van der Waals surface area contributed by atoms with Crippen LogP contribution in [-0.4, -0.2) is 34.7 Å². The van der Waals surface area contributed by atoms with Gasteiger partial charge in [0.15, 0.2) is 0 Å². The van der Waals surface area contributed by atoms with Crippen molar-refractivity contribution in [3.05, 3.63) is 29.3 Å². The van der Waals surface area contributed by atoms with E-state index in [2.05, 4.69) is 18.7 Å². The second-order valence-corrected chi connectivity index (χ2v) is 3.85. The van der Waals surface area contributed by atoms with Crippen molar-refractivity contribution in [3.8, 4) is 5.75 Å². The molecule has 90 valence electrons. The Morgan fingerprint density at radius 2 is 1.88 bits per heavy atom. The summed E-state index contributed by atoms with van der Waals surface area (Å²) in [6.07, 6.45) is 0.782. The molecule has 0 aliphatic rings. The molecule has 0 saturated carbocycles. The smallest absolute Gasteiger partial charge is 0.119 e. The minimum absolute atomic E-state index is 0.0119. The van der Waals surface area contributed by atoms with Crippen LogP contribution in [0.5, 0.6) is 5.75 Å². The molecule has 0 radical (unpaired) electrons. The van der Waals surface area contributed by atoms with Gasteiger partial charge in [0, 0.05) is 12.1 Å². The van der Waals surface area contributed by atoms with Gasteiger partial charge < -0.3 is 15.1 Å². The van der Waals surface area contributed by atoms with E-state index in [1.165, 1.54) is 0 Å². The Morgan fingerprint density at radius 1 is 1.19 bits per heavy atom. The summed E-state index contributed by atoms with van der Waals surface area (Å²) in [5.41, 5.74) is 1.70. The lowest BCUT2D eigenvalue weighted by atomic mass is 10.0. The number of phenols is 1. The van der Waals surface area contributed by atoms with Gasteiger partial charge in [-0.2, -0.15) is 0 Å². The fraction of sp³-hybridized carbons (Fsp3) is 0.538. The molecule has 3 nitrogen and oxygen atoms in total. The van der Waals surface area contributed by atoms with Gasteiger partial charge in [-0.15, -0.1) is 0 Å². The zero-order chi connectivity index (χ0) is 12.0. The lowest BCUT2D eigenvalue weighted by Crippen LogP contribution is -2.25. The number of aromatic hydroxyl groups is 1. The molecule has 0 amide bonds. The molecule has 0 fully saturated rings. The highest BCUT2D eigenvalue weighted by atomic mass is 16.3. The Bertz CT molecular complexity index is 322. The number of phenolic OH excluding ortho intramolecular Hbond substituents is 1. The third-order valence-corrected chi connectivity index (χ3v) is 2.99. The number of hydrogen-bond acceptors (Lipinski definition) is 3. The van der Waals surface area contributed by atoms with Gasteiger partial charge in [0.2, 0.25) is 0 Å². The lowest BCUT2D eigenvalue weighted by molar-refractivity contribution is 0.276. The van der Waals surface area contributed by atoms with Crippen molar-refractivity contribution in [1.82, 2.24) is 4.90 Å². The van der Waals surface area contributed by atoms with Crippen LogP contribution in [0.25, 0.3) is 0 Å². The van der Waals surface area contributed by atoms with E-state index in [-0.39, 0.29) is 6.61 Å². The number of nitrogens with zero attached hydrogens (tertiary/aromatic N) is 1. The number of hydrogen-bond donors (Lipinski definition) is 2. The molecule has 0 spiro atoms. The molecule has 0 heterocycles. The molecule has 0 aliphatic heterocycles. The van der Waals surface area contributed by atoms with Gasteiger partial charge >= 0.3 is 0 Å². The first-order chi connectivity index (χ1) is 7.72. The second-order valence-electron chi connectivity index (χ2n) is 3.85. The van der Waals surface area contributed by atoms with Crippen LogP contribution in [0.3, 0.4) is 0 Å². The SMILES string of the molecule is CCN(CC)CCc1c(O)cccc1CO. The van der Waals surface area contributed by atoms with Crippen LogP contribution in [0.1, 0.15) is 25.0 Å². The summed E-state index contributed by atoms with van der Waals surface area (Å²) >= 11 is 0. The maximum Gasteiger partial charge on any atom is 0.119 e. The molecule has 16 heavy (non-hydrogen) atoms. The largest absolute Gasteiger partial charge is 0.508 e. The molecular weight excluding hydrogens is 202 g/mol. The summed E-state index contributed by atoms with van der Waals surface area (Å²) in [6, 6.07) is 5.30. The van der Waals surface area contributed by atoms with Crippen molar-refractivity contribution in [3.63, 3.8) is 0 Å².